The Bertz CT molecular complexity index is 1360. The van der Waals surface area contributed by atoms with E-state index >= 15 is 0 Å². The highest BCUT2D eigenvalue weighted by atomic mass is 35.5. The van der Waals surface area contributed by atoms with E-state index in [1.165, 1.54) is 10.6 Å². The molecule has 31 heavy (non-hydrogen) atoms. The molecule has 0 aliphatic rings. The molecule has 0 saturated heterocycles. The zero-order valence-corrected chi connectivity index (χ0v) is 17.8. The molecule has 0 bridgehead atoms. The largest absolute Gasteiger partial charge is 0.433 e. The van der Waals surface area contributed by atoms with Crippen molar-refractivity contribution >= 4 is 28.8 Å². The fourth-order valence-electron chi connectivity index (χ4n) is 3.42. The van der Waals surface area contributed by atoms with Gasteiger partial charge in [-0.3, -0.25) is 14.9 Å². The van der Waals surface area contributed by atoms with E-state index in [1.54, 1.807) is 25.1 Å². The summed E-state index contributed by atoms with van der Waals surface area (Å²) in [5.74, 6) is 0. The van der Waals surface area contributed by atoms with Crippen LogP contribution in [-0.4, -0.2) is 19.6 Å². The first kappa shape index (κ1) is 21.4. The second-order valence-electron chi connectivity index (χ2n) is 6.92. The van der Waals surface area contributed by atoms with Gasteiger partial charge in [0.05, 0.1) is 10.7 Å². The number of halogens is 5. The Morgan fingerprint density at radius 2 is 1.90 bits per heavy atom. The minimum Gasteiger partial charge on any atom is -0.293 e. The number of nitrogens with zero attached hydrogens (tertiary/aromatic N) is 3. The van der Waals surface area contributed by atoms with Crippen LogP contribution in [0.4, 0.5) is 13.2 Å². The lowest BCUT2D eigenvalue weighted by Crippen LogP contribution is -2.19. The third-order valence-corrected chi connectivity index (χ3v) is 5.51. The molecule has 0 aliphatic carbocycles. The van der Waals surface area contributed by atoms with Crippen molar-refractivity contribution < 1.29 is 13.2 Å². The van der Waals surface area contributed by atoms with E-state index in [0.29, 0.717) is 38.8 Å². The number of rotatable bonds is 3. The molecule has 0 fully saturated rings. The normalized spacial score (nSPS) is 12.0. The van der Waals surface area contributed by atoms with Gasteiger partial charge in [0.1, 0.15) is 5.69 Å². The summed E-state index contributed by atoms with van der Waals surface area (Å²) in [6.07, 6.45) is -2.93. The number of benzene rings is 1. The first-order valence-electron chi connectivity index (χ1n) is 9.25. The number of H-pyrrole nitrogens is 1. The van der Waals surface area contributed by atoms with Gasteiger partial charge in [-0.25, -0.2) is 9.50 Å². The molecule has 0 spiro atoms. The maximum Gasteiger partial charge on any atom is 0.433 e. The Hall–Kier alpha value is -2.84. The molecule has 4 aromatic rings. The minimum absolute atomic E-state index is 0.249. The second-order valence-corrected chi connectivity index (χ2v) is 7.77. The molecule has 3 heterocycles. The van der Waals surface area contributed by atoms with E-state index in [1.807, 2.05) is 6.92 Å². The molecule has 4 rings (SSSR count). The Kier molecular flexibility index (Phi) is 5.31. The Morgan fingerprint density at radius 3 is 2.48 bits per heavy atom. The van der Waals surface area contributed by atoms with Crippen LogP contribution in [0.5, 0.6) is 0 Å². The predicted molar refractivity (Wildman–Crippen MR) is 114 cm³/mol. The van der Waals surface area contributed by atoms with Crippen LogP contribution in [0.2, 0.25) is 10.0 Å². The Labute approximate surface area is 184 Å². The van der Waals surface area contributed by atoms with Crippen LogP contribution >= 0.6 is 23.2 Å². The fraction of sp³-hybridized carbons (Fsp3) is 0.190. The van der Waals surface area contributed by atoms with Crippen molar-refractivity contribution in [1.82, 2.24) is 19.6 Å². The zero-order valence-electron chi connectivity index (χ0n) is 16.3. The van der Waals surface area contributed by atoms with Crippen molar-refractivity contribution in [3.8, 4) is 22.4 Å². The van der Waals surface area contributed by atoms with E-state index in [9.17, 15) is 18.0 Å². The van der Waals surface area contributed by atoms with Gasteiger partial charge in [-0.1, -0.05) is 36.2 Å². The van der Waals surface area contributed by atoms with Gasteiger partial charge in [0, 0.05) is 39.2 Å². The van der Waals surface area contributed by atoms with Crippen LogP contribution in [-0.2, 0) is 12.6 Å². The molecular formula is C21H15Cl2F3N4O. The number of alkyl halides is 3. The lowest BCUT2D eigenvalue weighted by molar-refractivity contribution is -0.141. The minimum atomic E-state index is -4.56. The maximum atomic E-state index is 13.0. The van der Waals surface area contributed by atoms with Crippen LogP contribution in [0.15, 0.2) is 41.3 Å². The van der Waals surface area contributed by atoms with Crippen LogP contribution in [0.25, 0.3) is 28.0 Å². The van der Waals surface area contributed by atoms with Crippen molar-refractivity contribution in [2.45, 2.75) is 26.4 Å². The molecule has 1 aromatic carbocycles. The summed E-state index contributed by atoms with van der Waals surface area (Å²) in [5.41, 5.74) is 1.74. The summed E-state index contributed by atoms with van der Waals surface area (Å²) >= 11 is 12.4. The number of aromatic nitrogens is 4. The highest BCUT2D eigenvalue weighted by Gasteiger charge is 2.32. The lowest BCUT2D eigenvalue weighted by Gasteiger charge is -2.09. The molecule has 0 amide bonds. The highest BCUT2D eigenvalue weighted by Crippen LogP contribution is 2.36. The van der Waals surface area contributed by atoms with Gasteiger partial charge in [0.2, 0.25) is 0 Å². The molecule has 0 atom stereocenters. The maximum absolute atomic E-state index is 13.0. The molecule has 0 unspecified atom stereocenters. The van der Waals surface area contributed by atoms with E-state index in [-0.39, 0.29) is 16.8 Å². The van der Waals surface area contributed by atoms with Crippen LogP contribution in [0, 0.1) is 6.92 Å². The number of fused-ring (bicyclic) bond motifs is 1. The number of hydrogen-bond donors (Lipinski definition) is 1. The quantitative estimate of drug-likeness (QED) is 0.405. The average molecular weight is 467 g/mol. The van der Waals surface area contributed by atoms with E-state index in [4.69, 9.17) is 23.2 Å². The van der Waals surface area contributed by atoms with Gasteiger partial charge < -0.3 is 0 Å². The second kappa shape index (κ2) is 7.69. The van der Waals surface area contributed by atoms with Crippen LogP contribution in [0.3, 0.4) is 0 Å². The summed E-state index contributed by atoms with van der Waals surface area (Å²) < 4.78 is 39.9. The van der Waals surface area contributed by atoms with Crippen molar-refractivity contribution in [2.24, 2.45) is 0 Å². The summed E-state index contributed by atoms with van der Waals surface area (Å²) in [4.78, 5) is 21.1. The number of hydrogen-bond acceptors (Lipinski definition) is 3. The smallest absolute Gasteiger partial charge is 0.293 e. The third-order valence-electron chi connectivity index (χ3n) is 4.96. The molecule has 0 radical (unpaired) electrons. The standard InChI is InChI=1S/C21H15Cl2F3N4O/c1-3-15-17(13-6-5-12(22)8-14(13)23)19-28-18(10(2)20(31)30(19)29-15)11-4-7-16(27-9-11)21(24,25)26/h4-9,29H,3H2,1-2H3. The van der Waals surface area contributed by atoms with Crippen molar-refractivity contribution in [3.63, 3.8) is 0 Å². The van der Waals surface area contributed by atoms with Gasteiger partial charge in [-0.15, -0.1) is 0 Å². The molecule has 3 aromatic heterocycles. The third kappa shape index (κ3) is 3.70. The number of pyridine rings is 1. The fourth-order valence-corrected chi connectivity index (χ4v) is 3.92. The first-order valence-corrected chi connectivity index (χ1v) is 10.0. The number of nitrogens with one attached hydrogen (secondary N) is 1. The van der Waals surface area contributed by atoms with Gasteiger partial charge in [0.15, 0.2) is 5.65 Å². The molecule has 0 saturated carbocycles. The highest BCUT2D eigenvalue weighted by molar-refractivity contribution is 6.36. The van der Waals surface area contributed by atoms with Crippen molar-refractivity contribution in [2.75, 3.05) is 0 Å². The number of aromatic amines is 1. The van der Waals surface area contributed by atoms with Crippen LogP contribution in [0.1, 0.15) is 23.9 Å². The average Bonchev–Trinajstić information content (AvgIpc) is 3.09. The Balaban J connectivity index is 1.99. The Morgan fingerprint density at radius 1 is 1.16 bits per heavy atom. The summed E-state index contributed by atoms with van der Waals surface area (Å²) in [5, 5.41) is 3.90. The van der Waals surface area contributed by atoms with E-state index < -0.39 is 11.9 Å². The number of aryl methyl sites for hydroxylation is 1. The van der Waals surface area contributed by atoms with Gasteiger partial charge in [-0.2, -0.15) is 13.2 Å². The predicted octanol–water partition coefficient (Wildman–Crippen LogP) is 5.95. The molecule has 1 N–H and O–H groups in total. The first-order chi connectivity index (χ1) is 14.6. The molecule has 10 heteroatoms. The van der Waals surface area contributed by atoms with Crippen molar-refractivity contribution in [1.29, 1.82) is 0 Å². The SMILES string of the molecule is CCc1[nH]n2c(=O)c(C)c(-c3ccc(C(F)(F)F)nc3)nc2c1-c1ccc(Cl)cc1Cl. The van der Waals surface area contributed by atoms with Crippen LogP contribution < -0.4 is 5.56 Å². The summed E-state index contributed by atoms with van der Waals surface area (Å²) in [6, 6.07) is 7.12. The van der Waals surface area contributed by atoms with Gasteiger partial charge >= 0.3 is 6.18 Å². The summed E-state index contributed by atoms with van der Waals surface area (Å²) in [7, 11) is 0. The summed E-state index contributed by atoms with van der Waals surface area (Å²) in [6.45, 7) is 3.48. The van der Waals surface area contributed by atoms with E-state index in [2.05, 4.69) is 15.1 Å². The molecule has 160 valence electrons. The molecule has 0 aliphatic heterocycles. The van der Waals surface area contributed by atoms with E-state index in [0.717, 1.165) is 18.0 Å². The monoisotopic (exact) mass is 466 g/mol. The van der Waals surface area contributed by atoms with Gasteiger partial charge in [0.25, 0.3) is 5.56 Å². The molecular weight excluding hydrogens is 452 g/mol. The van der Waals surface area contributed by atoms with Gasteiger partial charge in [-0.05, 0) is 37.6 Å². The molecule has 5 nitrogen and oxygen atoms in total. The zero-order chi connectivity index (χ0) is 22.5. The van der Waals surface area contributed by atoms with Crippen molar-refractivity contribution in [3.05, 3.63) is 73.9 Å². The topological polar surface area (TPSA) is 63.0 Å². The lowest BCUT2D eigenvalue weighted by atomic mass is 10.0.